The Kier molecular flexibility index (Phi) is 6.10. The summed E-state index contributed by atoms with van der Waals surface area (Å²) in [6.45, 7) is 5.43. The van der Waals surface area contributed by atoms with E-state index in [0.717, 1.165) is 31.5 Å². The van der Waals surface area contributed by atoms with Crippen LogP contribution >= 0.6 is 0 Å². The number of hydrogen-bond donors (Lipinski definition) is 2. The average Bonchev–Trinajstić information content (AvgIpc) is 3.14. The van der Waals surface area contributed by atoms with Crippen LogP contribution in [0.2, 0.25) is 0 Å². The van der Waals surface area contributed by atoms with Gasteiger partial charge in [0.2, 0.25) is 0 Å². The summed E-state index contributed by atoms with van der Waals surface area (Å²) < 4.78 is 0. The van der Waals surface area contributed by atoms with Crippen LogP contribution in [-0.4, -0.2) is 48.1 Å². The minimum Gasteiger partial charge on any atom is -0.334 e. The van der Waals surface area contributed by atoms with E-state index in [1.54, 1.807) is 0 Å². The van der Waals surface area contributed by atoms with Crippen LogP contribution < -0.4 is 11.1 Å². The van der Waals surface area contributed by atoms with Gasteiger partial charge in [-0.2, -0.15) is 0 Å². The van der Waals surface area contributed by atoms with Crippen LogP contribution in [0.25, 0.3) is 0 Å². The molecule has 0 bridgehead atoms. The Bertz CT molecular complexity index is 525. The Labute approximate surface area is 145 Å². The molecule has 2 aliphatic rings. The van der Waals surface area contributed by atoms with Crippen molar-refractivity contribution < 1.29 is 4.79 Å². The number of piperidine rings is 1. The van der Waals surface area contributed by atoms with Gasteiger partial charge >= 0.3 is 6.03 Å². The molecule has 132 valence electrons. The summed E-state index contributed by atoms with van der Waals surface area (Å²) in [6.07, 6.45) is 5.92. The molecule has 1 aromatic rings. The Morgan fingerprint density at radius 3 is 2.42 bits per heavy atom. The van der Waals surface area contributed by atoms with Gasteiger partial charge in [0.15, 0.2) is 0 Å². The molecule has 3 N–H and O–H groups in total. The highest BCUT2D eigenvalue weighted by Crippen LogP contribution is 2.16. The number of rotatable bonds is 5. The van der Waals surface area contributed by atoms with Gasteiger partial charge in [0, 0.05) is 32.2 Å². The number of likely N-dealkylation sites (tertiary alicyclic amines) is 2. The summed E-state index contributed by atoms with van der Waals surface area (Å²) in [4.78, 5) is 16.8. The second-order valence-corrected chi connectivity index (χ2v) is 7.04. The summed E-state index contributed by atoms with van der Waals surface area (Å²) in [5.74, 6) is 0. The molecule has 0 unspecified atom stereocenters. The summed E-state index contributed by atoms with van der Waals surface area (Å²) in [5, 5.41) is 3.05. The zero-order valence-electron chi connectivity index (χ0n) is 14.5. The molecule has 2 saturated heterocycles. The highest BCUT2D eigenvalue weighted by Gasteiger charge is 2.25. The molecule has 1 aromatic carbocycles. The van der Waals surface area contributed by atoms with Gasteiger partial charge in [0.05, 0.1) is 0 Å². The first-order chi connectivity index (χ1) is 11.8. The van der Waals surface area contributed by atoms with Gasteiger partial charge in [0.1, 0.15) is 0 Å². The van der Waals surface area contributed by atoms with Gasteiger partial charge < -0.3 is 16.0 Å². The molecule has 3 rings (SSSR count). The van der Waals surface area contributed by atoms with Crippen LogP contribution in [0.5, 0.6) is 0 Å². The third-order valence-corrected chi connectivity index (χ3v) is 5.23. The minimum absolute atomic E-state index is 0.0197. The third-order valence-electron chi connectivity index (χ3n) is 5.23. The maximum absolute atomic E-state index is 12.4. The molecule has 2 heterocycles. The second-order valence-electron chi connectivity index (χ2n) is 7.04. The smallest absolute Gasteiger partial charge is 0.317 e. The standard InChI is InChI=1S/C19H30N4O/c20-13-18-5-1-2-12-23(18)19(24)21-14-16-6-8-17(9-7-16)15-22-10-3-4-11-22/h6-9,18H,1-5,10-15,20H2,(H,21,24)/t18-/m0/s1. The largest absolute Gasteiger partial charge is 0.334 e. The van der Waals surface area contributed by atoms with E-state index in [1.807, 2.05) is 4.90 Å². The fourth-order valence-corrected chi connectivity index (χ4v) is 3.75. The Morgan fingerprint density at radius 2 is 1.71 bits per heavy atom. The van der Waals surface area contributed by atoms with Crippen molar-refractivity contribution >= 4 is 6.03 Å². The van der Waals surface area contributed by atoms with Crippen molar-refractivity contribution in [1.29, 1.82) is 0 Å². The molecule has 0 aromatic heterocycles. The lowest BCUT2D eigenvalue weighted by Crippen LogP contribution is -2.51. The number of carbonyl (C=O) groups excluding carboxylic acids is 1. The van der Waals surface area contributed by atoms with E-state index in [1.165, 1.54) is 37.9 Å². The number of amides is 2. The summed E-state index contributed by atoms with van der Waals surface area (Å²) >= 11 is 0. The zero-order valence-corrected chi connectivity index (χ0v) is 14.5. The van der Waals surface area contributed by atoms with E-state index in [0.29, 0.717) is 13.1 Å². The normalized spacial score (nSPS) is 21.9. The maximum Gasteiger partial charge on any atom is 0.317 e. The van der Waals surface area contributed by atoms with Crippen molar-refractivity contribution in [2.75, 3.05) is 26.2 Å². The number of nitrogens with one attached hydrogen (secondary N) is 1. The van der Waals surface area contributed by atoms with Gasteiger partial charge in [-0.3, -0.25) is 4.90 Å². The fourth-order valence-electron chi connectivity index (χ4n) is 3.75. The lowest BCUT2D eigenvalue weighted by molar-refractivity contribution is 0.153. The molecule has 0 saturated carbocycles. The molecule has 5 nitrogen and oxygen atoms in total. The van der Waals surface area contributed by atoms with E-state index < -0.39 is 0 Å². The molecule has 0 spiro atoms. The lowest BCUT2D eigenvalue weighted by atomic mass is 10.0. The Balaban J connectivity index is 1.47. The van der Waals surface area contributed by atoms with E-state index in [9.17, 15) is 4.79 Å². The molecule has 2 fully saturated rings. The van der Waals surface area contributed by atoms with Crippen LogP contribution in [0.3, 0.4) is 0 Å². The number of benzene rings is 1. The van der Waals surface area contributed by atoms with Crippen LogP contribution in [0, 0.1) is 0 Å². The first-order valence-electron chi connectivity index (χ1n) is 9.31. The van der Waals surface area contributed by atoms with Crippen molar-refractivity contribution in [3.8, 4) is 0 Å². The first-order valence-corrected chi connectivity index (χ1v) is 9.31. The molecule has 2 aliphatic heterocycles. The lowest BCUT2D eigenvalue weighted by Gasteiger charge is -2.35. The van der Waals surface area contributed by atoms with Crippen LogP contribution in [-0.2, 0) is 13.1 Å². The molecule has 0 radical (unpaired) electrons. The van der Waals surface area contributed by atoms with Crippen molar-refractivity contribution in [1.82, 2.24) is 15.1 Å². The highest BCUT2D eigenvalue weighted by molar-refractivity contribution is 5.74. The summed E-state index contributed by atoms with van der Waals surface area (Å²) in [6, 6.07) is 8.84. The van der Waals surface area contributed by atoms with Crippen LogP contribution in [0.4, 0.5) is 4.79 Å². The highest BCUT2D eigenvalue weighted by atomic mass is 16.2. The topological polar surface area (TPSA) is 61.6 Å². The average molecular weight is 330 g/mol. The van der Waals surface area contributed by atoms with E-state index >= 15 is 0 Å². The number of nitrogens with zero attached hydrogens (tertiary/aromatic N) is 2. The molecular formula is C19H30N4O. The molecule has 24 heavy (non-hydrogen) atoms. The second kappa shape index (κ2) is 8.49. The number of hydrogen-bond acceptors (Lipinski definition) is 3. The predicted molar refractivity (Wildman–Crippen MR) is 96.6 cm³/mol. The van der Waals surface area contributed by atoms with Crippen molar-refractivity contribution in [3.05, 3.63) is 35.4 Å². The van der Waals surface area contributed by atoms with Gasteiger partial charge in [-0.05, 0) is 56.3 Å². The molecule has 2 amide bonds. The van der Waals surface area contributed by atoms with E-state index in [-0.39, 0.29) is 12.1 Å². The van der Waals surface area contributed by atoms with Crippen LogP contribution in [0.15, 0.2) is 24.3 Å². The van der Waals surface area contributed by atoms with Gasteiger partial charge in [0.25, 0.3) is 0 Å². The summed E-state index contributed by atoms with van der Waals surface area (Å²) in [7, 11) is 0. The van der Waals surface area contributed by atoms with Gasteiger partial charge in [-0.1, -0.05) is 24.3 Å². The van der Waals surface area contributed by atoms with E-state index in [4.69, 9.17) is 5.73 Å². The SMILES string of the molecule is NC[C@@H]1CCCCN1C(=O)NCc1ccc(CN2CCCC2)cc1. The van der Waals surface area contributed by atoms with Gasteiger partial charge in [-0.15, -0.1) is 0 Å². The molecule has 0 aliphatic carbocycles. The number of nitrogens with two attached hydrogens (primary N) is 1. The monoisotopic (exact) mass is 330 g/mol. The Hall–Kier alpha value is -1.59. The maximum atomic E-state index is 12.4. The zero-order chi connectivity index (χ0) is 16.8. The van der Waals surface area contributed by atoms with Crippen molar-refractivity contribution in [3.63, 3.8) is 0 Å². The van der Waals surface area contributed by atoms with E-state index in [2.05, 4.69) is 34.5 Å². The molecule has 5 heteroatoms. The number of urea groups is 1. The van der Waals surface area contributed by atoms with Gasteiger partial charge in [-0.25, -0.2) is 4.79 Å². The van der Waals surface area contributed by atoms with Crippen molar-refractivity contribution in [2.45, 2.75) is 51.2 Å². The summed E-state index contributed by atoms with van der Waals surface area (Å²) in [5.41, 5.74) is 8.30. The Morgan fingerprint density at radius 1 is 1.04 bits per heavy atom. The molecule has 1 atom stereocenters. The first kappa shape index (κ1) is 17.2. The molecular weight excluding hydrogens is 300 g/mol. The van der Waals surface area contributed by atoms with Crippen LogP contribution in [0.1, 0.15) is 43.2 Å². The number of carbonyl (C=O) groups is 1. The minimum atomic E-state index is 0.0197. The third kappa shape index (κ3) is 4.48. The fraction of sp³-hybridized carbons (Fsp3) is 0.632. The quantitative estimate of drug-likeness (QED) is 0.871. The predicted octanol–water partition coefficient (Wildman–Crippen LogP) is 2.31. The van der Waals surface area contributed by atoms with Crippen molar-refractivity contribution in [2.24, 2.45) is 5.73 Å².